The van der Waals surface area contributed by atoms with Gasteiger partial charge in [-0.3, -0.25) is 5.41 Å². The van der Waals surface area contributed by atoms with Crippen LogP contribution in [0.1, 0.15) is 18.9 Å². The first kappa shape index (κ1) is 9.74. The number of benzene rings is 1. The quantitative estimate of drug-likeness (QED) is 0.481. The Labute approximate surface area is 77.7 Å². The Morgan fingerprint density at radius 1 is 1.46 bits per heavy atom. The van der Waals surface area contributed by atoms with Crippen LogP contribution in [-0.4, -0.2) is 10.9 Å². The van der Waals surface area contributed by atoms with Gasteiger partial charge in [0, 0.05) is 0 Å². The molecule has 0 amide bonds. The van der Waals surface area contributed by atoms with Gasteiger partial charge >= 0.3 is 0 Å². The van der Waals surface area contributed by atoms with Crippen molar-refractivity contribution < 1.29 is 5.11 Å². The molecule has 0 aliphatic rings. The summed E-state index contributed by atoms with van der Waals surface area (Å²) in [6.07, 6.45) is 0.409. The molecule has 0 fully saturated rings. The summed E-state index contributed by atoms with van der Waals surface area (Å²) in [4.78, 5) is 0. The minimum atomic E-state index is -1.30. The fourth-order valence-electron chi connectivity index (χ4n) is 1.26. The molecule has 3 nitrogen and oxygen atoms in total. The van der Waals surface area contributed by atoms with Crippen LogP contribution in [0.15, 0.2) is 30.3 Å². The number of nitrogens with one attached hydrogen (secondary N) is 1. The lowest BCUT2D eigenvalue weighted by atomic mass is 9.90. The second-order valence-corrected chi connectivity index (χ2v) is 2.99. The van der Waals surface area contributed by atoms with Crippen LogP contribution in [0, 0.1) is 5.41 Å². The zero-order valence-corrected chi connectivity index (χ0v) is 7.62. The van der Waals surface area contributed by atoms with Crippen molar-refractivity contribution in [2.24, 2.45) is 5.73 Å². The van der Waals surface area contributed by atoms with E-state index in [0.29, 0.717) is 12.0 Å². The van der Waals surface area contributed by atoms with E-state index in [1.807, 2.05) is 18.2 Å². The van der Waals surface area contributed by atoms with Crippen LogP contribution in [0.5, 0.6) is 0 Å². The van der Waals surface area contributed by atoms with Gasteiger partial charge in [-0.1, -0.05) is 37.3 Å². The molecule has 0 heterocycles. The molecular weight excluding hydrogens is 164 g/mol. The fraction of sp³-hybridized carbons (Fsp3) is 0.300. The van der Waals surface area contributed by atoms with Crippen LogP contribution in [-0.2, 0) is 5.60 Å². The van der Waals surface area contributed by atoms with Gasteiger partial charge in [0.25, 0.3) is 0 Å². The maximum absolute atomic E-state index is 10.0. The number of nitrogens with two attached hydrogens (primary N) is 1. The molecule has 0 aliphatic heterocycles. The van der Waals surface area contributed by atoms with Crippen molar-refractivity contribution in [1.82, 2.24) is 0 Å². The smallest absolute Gasteiger partial charge is 0.145 e. The highest BCUT2D eigenvalue weighted by molar-refractivity contribution is 5.87. The predicted molar refractivity (Wildman–Crippen MR) is 52.5 cm³/mol. The monoisotopic (exact) mass is 178 g/mol. The normalized spacial score (nSPS) is 14.9. The molecule has 70 valence electrons. The van der Waals surface area contributed by atoms with Gasteiger partial charge in [0.1, 0.15) is 11.4 Å². The minimum absolute atomic E-state index is 0.207. The summed E-state index contributed by atoms with van der Waals surface area (Å²) < 4.78 is 0. The Balaban J connectivity index is 3.11. The summed E-state index contributed by atoms with van der Waals surface area (Å²) in [5.74, 6) is -0.207. The highest BCUT2D eigenvalue weighted by atomic mass is 16.3. The molecule has 13 heavy (non-hydrogen) atoms. The van der Waals surface area contributed by atoms with E-state index < -0.39 is 5.60 Å². The first-order chi connectivity index (χ1) is 6.11. The molecule has 0 unspecified atom stereocenters. The van der Waals surface area contributed by atoms with Crippen molar-refractivity contribution in [3.05, 3.63) is 35.9 Å². The molecular formula is C10H14N2O. The topological polar surface area (TPSA) is 70.1 Å². The molecule has 0 aliphatic carbocycles. The maximum Gasteiger partial charge on any atom is 0.145 e. The van der Waals surface area contributed by atoms with Gasteiger partial charge in [-0.05, 0) is 12.0 Å². The second kappa shape index (κ2) is 3.58. The average molecular weight is 178 g/mol. The van der Waals surface area contributed by atoms with Crippen LogP contribution >= 0.6 is 0 Å². The summed E-state index contributed by atoms with van der Waals surface area (Å²) in [6, 6.07) is 9.04. The number of amidine groups is 1. The summed E-state index contributed by atoms with van der Waals surface area (Å²) in [7, 11) is 0. The van der Waals surface area contributed by atoms with Gasteiger partial charge in [-0.25, -0.2) is 0 Å². The lowest BCUT2D eigenvalue weighted by molar-refractivity contribution is 0.104. The summed E-state index contributed by atoms with van der Waals surface area (Å²) >= 11 is 0. The number of aliphatic hydroxyl groups is 1. The summed E-state index contributed by atoms with van der Waals surface area (Å²) in [6.45, 7) is 1.80. The predicted octanol–water partition coefficient (Wildman–Crippen LogP) is 1.22. The average Bonchev–Trinajstić information content (AvgIpc) is 2.17. The van der Waals surface area contributed by atoms with E-state index in [2.05, 4.69) is 0 Å². The molecule has 0 aromatic heterocycles. The maximum atomic E-state index is 10.0. The first-order valence-corrected chi connectivity index (χ1v) is 4.23. The summed E-state index contributed by atoms with van der Waals surface area (Å²) in [5.41, 5.74) is 4.71. The van der Waals surface area contributed by atoms with Crippen molar-refractivity contribution in [3.8, 4) is 0 Å². The van der Waals surface area contributed by atoms with E-state index in [4.69, 9.17) is 11.1 Å². The Hall–Kier alpha value is -1.35. The molecule has 1 aromatic carbocycles. The van der Waals surface area contributed by atoms with Crippen LogP contribution in [0.4, 0.5) is 0 Å². The minimum Gasteiger partial charge on any atom is -0.385 e. The highest BCUT2D eigenvalue weighted by Crippen LogP contribution is 2.23. The van der Waals surface area contributed by atoms with Gasteiger partial charge in [0.15, 0.2) is 0 Å². The molecule has 4 N–H and O–H groups in total. The Bertz CT molecular complexity index is 297. The van der Waals surface area contributed by atoms with Gasteiger partial charge in [-0.2, -0.15) is 0 Å². The third-order valence-electron chi connectivity index (χ3n) is 2.21. The lowest BCUT2D eigenvalue weighted by Crippen LogP contribution is -2.39. The van der Waals surface area contributed by atoms with Crippen molar-refractivity contribution in [2.75, 3.05) is 0 Å². The third-order valence-corrected chi connectivity index (χ3v) is 2.21. The van der Waals surface area contributed by atoms with E-state index in [0.717, 1.165) is 0 Å². The zero-order chi connectivity index (χ0) is 9.90. The second-order valence-electron chi connectivity index (χ2n) is 2.99. The molecule has 0 saturated heterocycles. The summed E-state index contributed by atoms with van der Waals surface area (Å²) in [5, 5.41) is 17.3. The van der Waals surface area contributed by atoms with Gasteiger partial charge in [-0.15, -0.1) is 0 Å². The zero-order valence-electron chi connectivity index (χ0n) is 7.62. The van der Waals surface area contributed by atoms with Crippen LogP contribution < -0.4 is 5.73 Å². The fourth-order valence-corrected chi connectivity index (χ4v) is 1.26. The first-order valence-electron chi connectivity index (χ1n) is 4.23. The number of hydrogen-bond donors (Lipinski definition) is 3. The Morgan fingerprint density at radius 3 is 2.38 bits per heavy atom. The molecule has 0 bridgehead atoms. The van der Waals surface area contributed by atoms with E-state index in [1.165, 1.54) is 0 Å². The van der Waals surface area contributed by atoms with Gasteiger partial charge in [0.2, 0.25) is 0 Å². The molecule has 3 heteroatoms. The van der Waals surface area contributed by atoms with E-state index in [-0.39, 0.29) is 5.84 Å². The van der Waals surface area contributed by atoms with Crippen molar-refractivity contribution in [3.63, 3.8) is 0 Å². The third kappa shape index (κ3) is 1.70. The molecule has 0 saturated carbocycles. The van der Waals surface area contributed by atoms with Crippen LogP contribution in [0.3, 0.4) is 0 Å². The molecule has 0 spiro atoms. The lowest BCUT2D eigenvalue weighted by Gasteiger charge is -2.25. The van der Waals surface area contributed by atoms with Crippen LogP contribution in [0.2, 0.25) is 0 Å². The Kier molecular flexibility index (Phi) is 2.68. The van der Waals surface area contributed by atoms with E-state index in [1.54, 1.807) is 19.1 Å². The number of hydrogen-bond acceptors (Lipinski definition) is 2. The molecule has 0 radical (unpaired) electrons. The van der Waals surface area contributed by atoms with Gasteiger partial charge < -0.3 is 10.8 Å². The standard InChI is InChI=1S/C10H14N2O/c1-2-10(13,9(11)12)8-6-4-3-5-7-8/h3-7,13H,2H2,1H3,(H3,11,12)/t10-/m0/s1. The van der Waals surface area contributed by atoms with Crippen molar-refractivity contribution >= 4 is 5.84 Å². The van der Waals surface area contributed by atoms with E-state index in [9.17, 15) is 5.11 Å². The number of rotatable bonds is 3. The molecule has 1 aromatic rings. The van der Waals surface area contributed by atoms with Gasteiger partial charge in [0.05, 0.1) is 0 Å². The SMILES string of the molecule is CC[C@@](O)(C(=N)N)c1ccccc1. The van der Waals surface area contributed by atoms with Crippen molar-refractivity contribution in [1.29, 1.82) is 5.41 Å². The van der Waals surface area contributed by atoms with Crippen LogP contribution in [0.25, 0.3) is 0 Å². The van der Waals surface area contributed by atoms with Crippen molar-refractivity contribution in [2.45, 2.75) is 18.9 Å². The molecule has 1 rings (SSSR count). The largest absolute Gasteiger partial charge is 0.385 e. The molecule has 1 atom stereocenters. The highest BCUT2D eigenvalue weighted by Gasteiger charge is 2.30. The van der Waals surface area contributed by atoms with E-state index >= 15 is 0 Å². The Morgan fingerprint density at radius 2 is 2.00 bits per heavy atom.